The van der Waals surface area contributed by atoms with Gasteiger partial charge in [0.1, 0.15) is 5.03 Å². The SMILES string of the molecule is COc1nc(SCCN)cnc1NS(=O)c1cccc(Cl)c1Cl. The quantitative estimate of drug-likeness (QED) is 0.703. The maximum atomic E-state index is 12.4. The molecule has 0 saturated carbocycles. The van der Waals surface area contributed by atoms with Crippen LogP contribution in [0.1, 0.15) is 0 Å². The van der Waals surface area contributed by atoms with Crippen LogP contribution in [-0.2, 0) is 11.0 Å². The number of halogens is 2. The van der Waals surface area contributed by atoms with Crippen molar-refractivity contribution in [2.75, 3.05) is 24.1 Å². The lowest BCUT2D eigenvalue weighted by molar-refractivity contribution is 0.395. The first-order valence-corrected chi connectivity index (χ1v) is 9.32. The standard InChI is InChI=1S/C13H14Cl2N4O2S2/c1-21-13-12(17-7-10(18-13)22-6-5-16)19-23(20)9-4-2-3-8(14)11(9)15/h2-4,7H,5-6,16H2,1H3,(H,17,19). The molecule has 124 valence electrons. The van der Waals surface area contributed by atoms with E-state index in [1.54, 1.807) is 24.4 Å². The normalized spacial score (nSPS) is 12.0. The molecule has 23 heavy (non-hydrogen) atoms. The molecule has 0 radical (unpaired) electrons. The molecule has 1 unspecified atom stereocenters. The van der Waals surface area contributed by atoms with Crippen molar-refractivity contribution in [1.82, 2.24) is 9.97 Å². The zero-order valence-electron chi connectivity index (χ0n) is 12.1. The Kier molecular flexibility index (Phi) is 6.91. The molecule has 10 heteroatoms. The average Bonchev–Trinajstić information content (AvgIpc) is 2.56. The van der Waals surface area contributed by atoms with E-state index in [1.807, 2.05) is 0 Å². The molecule has 0 bridgehead atoms. The largest absolute Gasteiger partial charge is 0.478 e. The van der Waals surface area contributed by atoms with Crippen LogP contribution in [0.4, 0.5) is 5.82 Å². The molecule has 1 aromatic heterocycles. The van der Waals surface area contributed by atoms with Gasteiger partial charge in [-0.3, -0.25) is 4.72 Å². The van der Waals surface area contributed by atoms with Gasteiger partial charge in [0, 0.05) is 12.3 Å². The highest BCUT2D eigenvalue weighted by molar-refractivity contribution is 7.99. The Morgan fingerprint density at radius 1 is 1.43 bits per heavy atom. The van der Waals surface area contributed by atoms with Crippen LogP contribution in [0.15, 0.2) is 34.3 Å². The number of nitrogens with one attached hydrogen (secondary N) is 1. The van der Waals surface area contributed by atoms with E-state index in [2.05, 4.69) is 14.7 Å². The van der Waals surface area contributed by atoms with Crippen molar-refractivity contribution >= 4 is 51.8 Å². The third-order valence-electron chi connectivity index (χ3n) is 2.58. The van der Waals surface area contributed by atoms with Crippen LogP contribution in [-0.4, -0.2) is 33.6 Å². The number of thioether (sulfide) groups is 1. The summed E-state index contributed by atoms with van der Waals surface area (Å²) in [5.41, 5.74) is 5.46. The average molecular weight is 393 g/mol. The summed E-state index contributed by atoms with van der Waals surface area (Å²) in [7, 11) is -0.196. The van der Waals surface area contributed by atoms with Crippen molar-refractivity contribution in [3.05, 3.63) is 34.4 Å². The number of methoxy groups -OCH3 is 1. The zero-order valence-corrected chi connectivity index (χ0v) is 15.2. The van der Waals surface area contributed by atoms with Gasteiger partial charge in [0.15, 0.2) is 11.0 Å². The smallest absolute Gasteiger partial charge is 0.259 e. The number of benzene rings is 1. The Morgan fingerprint density at radius 3 is 2.91 bits per heavy atom. The number of nitrogens with zero attached hydrogens (tertiary/aromatic N) is 2. The maximum absolute atomic E-state index is 12.4. The molecule has 6 nitrogen and oxygen atoms in total. The Hall–Kier alpha value is -1.06. The molecule has 1 atom stereocenters. The minimum Gasteiger partial charge on any atom is -0.478 e. The van der Waals surface area contributed by atoms with Gasteiger partial charge in [-0.15, -0.1) is 11.8 Å². The predicted octanol–water partition coefficient (Wildman–Crippen LogP) is 2.98. The van der Waals surface area contributed by atoms with Crippen molar-refractivity contribution in [2.24, 2.45) is 5.73 Å². The molecule has 0 aliphatic heterocycles. The van der Waals surface area contributed by atoms with Gasteiger partial charge < -0.3 is 10.5 Å². The van der Waals surface area contributed by atoms with E-state index in [4.69, 9.17) is 33.7 Å². The third kappa shape index (κ3) is 4.71. The Labute approximate surface area is 150 Å². The Balaban J connectivity index is 2.22. The molecule has 0 aliphatic carbocycles. The topological polar surface area (TPSA) is 90.1 Å². The summed E-state index contributed by atoms with van der Waals surface area (Å²) >= 11 is 13.4. The number of nitrogens with two attached hydrogens (primary N) is 1. The van der Waals surface area contributed by atoms with E-state index in [0.717, 1.165) is 0 Å². The predicted molar refractivity (Wildman–Crippen MR) is 94.9 cm³/mol. The van der Waals surface area contributed by atoms with Crippen LogP contribution in [0.5, 0.6) is 5.88 Å². The fourth-order valence-corrected chi connectivity index (χ4v) is 3.64. The fraction of sp³-hybridized carbons (Fsp3) is 0.231. The summed E-state index contributed by atoms with van der Waals surface area (Å²) in [5.74, 6) is 1.20. The lowest BCUT2D eigenvalue weighted by Crippen LogP contribution is -2.09. The Bertz CT molecular complexity index is 718. The summed E-state index contributed by atoms with van der Waals surface area (Å²) in [6.45, 7) is 0.534. The molecule has 0 aliphatic rings. The van der Waals surface area contributed by atoms with E-state index in [-0.39, 0.29) is 16.7 Å². The van der Waals surface area contributed by atoms with E-state index in [1.165, 1.54) is 18.9 Å². The first-order chi connectivity index (χ1) is 11.1. The highest BCUT2D eigenvalue weighted by atomic mass is 35.5. The summed E-state index contributed by atoms with van der Waals surface area (Å²) in [6, 6.07) is 4.90. The van der Waals surface area contributed by atoms with Gasteiger partial charge in [0.2, 0.25) is 5.82 Å². The molecule has 0 spiro atoms. The molecule has 0 amide bonds. The van der Waals surface area contributed by atoms with Crippen molar-refractivity contribution in [2.45, 2.75) is 9.92 Å². The van der Waals surface area contributed by atoms with Gasteiger partial charge in [0.25, 0.3) is 5.88 Å². The fourth-order valence-electron chi connectivity index (χ4n) is 1.57. The summed E-state index contributed by atoms with van der Waals surface area (Å²) in [4.78, 5) is 8.82. The molecule has 0 fully saturated rings. The third-order valence-corrected chi connectivity index (χ3v) is 5.57. The second-order valence-electron chi connectivity index (χ2n) is 4.13. The zero-order chi connectivity index (χ0) is 16.8. The number of hydrogen-bond acceptors (Lipinski definition) is 6. The molecular formula is C13H14Cl2N4O2S2. The minimum absolute atomic E-state index is 0.224. The van der Waals surface area contributed by atoms with E-state index >= 15 is 0 Å². The van der Waals surface area contributed by atoms with E-state index in [0.29, 0.717) is 27.2 Å². The number of ether oxygens (including phenoxy) is 1. The summed E-state index contributed by atoms with van der Waals surface area (Å²) in [6.07, 6.45) is 1.56. The van der Waals surface area contributed by atoms with Crippen molar-refractivity contribution in [1.29, 1.82) is 0 Å². The first kappa shape index (κ1) is 18.3. The second-order valence-corrected chi connectivity index (χ2v) is 7.21. The summed E-state index contributed by atoms with van der Waals surface area (Å²) in [5, 5.41) is 1.22. The van der Waals surface area contributed by atoms with E-state index < -0.39 is 11.0 Å². The summed E-state index contributed by atoms with van der Waals surface area (Å²) < 4.78 is 20.3. The van der Waals surface area contributed by atoms with Gasteiger partial charge >= 0.3 is 0 Å². The van der Waals surface area contributed by atoms with Gasteiger partial charge in [0.05, 0.1) is 28.2 Å². The molecular weight excluding hydrogens is 379 g/mol. The van der Waals surface area contributed by atoms with Crippen LogP contribution < -0.4 is 15.2 Å². The van der Waals surface area contributed by atoms with E-state index in [9.17, 15) is 4.21 Å². The lowest BCUT2D eigenvalue weighted by atomic mass is 10.4. The maximum Gasteiger partial charge on any atom is 0.259 e. The van der Waals surface area contributed by atoms with Crippen molar-refractivity contribution in [3.63, 3.8) is 0 Å². The van der Waals surface area contributed by atoms with Gasteiger partial charge in [-0.1, -0.05) is 29.3 Å². The number of anilines is 1. The number of rotatable bonds is 7. The second kappa shape index (κ2) is 8.70. The highest BCUT2D eigenvalue weighted by Crippen LogP contribution is 2.30. The van der Waals surface area contributed by atoms with Crippen molar-refractivity contribution < 1.29 is 8.95 Å². The molecule has 3 N–H and O–H groups in total. The van der Waals surface area contributed by atoms with Crippen LogP contribution >= 0.6 is 35.0 Å². The molecule has 1 aromatic carbocycles. The van der Waals surface area contributed by atoms with Crippen LogP contribution in [0, 0.1) is 0 Å². The van der Waals surface area contributed by atoms with Crippen LogP contribution in [0.3, 0.4) is 0 Å². The van der Waals surface area contributed by atoms with Crippen LogP contribution in [0.25, 0.3) is 0 Å². The highest BCUT2D eigenvalue weighted by Gasteiger charge is 2.15. The molecule has 1 heterocycles. The van der Waals surface area contributed by atoms with Gasteiger partial charge in [-0.2, -0.15) is 0 Å². The number of hydrogen-bond donors (Lipinski definition) is 2. The lowest BCUT2D eigenvalue weighted by Gasteiger charge is -2.11. The van der Waals surface area contributed by atoms with Gasteiger partial charge in [-0.25, -0.2) is 14.2 Å². The monoisotopic (exact) mass is 392 g/mol. The minimum atomic E-state index is -1.66. The molecule has 0 saturated heterocycles. The molecule has 2 rings (SSSR count). The van der Waals surface area contributed by atoms with Gasteiger partial charge in [-0.05, 0) is 12.1 Å². The molecule has 2 aromatic rings. The number of aromatic nitrogens is 2. The Morgan fingerprint density at radius 2 is 2.22 bits per heavy atom. The first-order valence-electron chi connectivity index (χ1n) is 6.43. The van der Waals surface area contributed by atoms with Crippen molar-refractivity contribution in [3.8, 4) is 5.88 Å². The van der Waals surface area contributed by atoms with Crippen LogP contribution in [0.2, 0.25) is 10.0 Å².